The number of hydrogen-bond donors (Lipinski definition) is 4. The van der Waals surface area contributed by atoms with Gasteiger partial charge in [-0.05, 0) is 86.5 Å². The van der Waals surface area contributed by atoms with Crippen molar-refractivity contribution >= 4 is 23.2 Å². The van der Waals surface area contributed by atoms with Crippen LogP contribution in [0.25, 0.3) is 5.57 Å². The van der Waals surface area contributed by atoms with E-state index < -0.39 is 5.97 Å². The number of benzene rings is 1. The number of hydrogen-bond acceptors (Lipinski definition) is 8. The highest BCUT2D eigenvalue weighted by Gasteiger charge is 2.26. The highest BCUT2D eigenvalue weighted by atomic mass is 16.4. The van der Waals surface area contributed by atoms with Gasteiger partial charge in [0.1, 0.15) is 0 Å². The molecular weight excluding hydrogens is 540 g/mol. The summed E-state index contributed by atoms with van der Waals surface area (Å²) in [4.78, 5) is 25.0. The molecule has 3 unspecified atom stereocenters. The first-order valence-electron chi connectivity index (χ1n) is 15.4. The summed E-state index contributed by atoms with van der Waals surface area (Å²) in [6, 6.07) is 8.70. The van der Waals surface area contributed by atoms with Gasteiger partial charge in [-0.25, -0.2) is 9.97 Å². The highest BCUT2D eigenvalue weighted by molar-refractivity contribution is 5.78. The van der Waals surface area contributed by atoms with Crippen LogP contribution in [0.2, 0.25) is 0 Å². The molecule has 2 saturated heterocycles. The molecule has 0 spiro atoms. The number of aromatic nitrogens is 2. The maximum Gasteiger partial charge on any atom is 0.307 e. The van der Waals surface area contributed by atoms with Crippen LogP contribution < -0.4 is 16.0 Å². The zero-order chi connectivity index (χ0) is 30.2. The Bertz CT molecular complexity index is 1370. The summed E-state index contributed by atoms with van der Waals surface area (Å²) in [5.41, 5.74) is 12.1. The lowest BCUT2D eigenvalue weighted by molar-refractivity contribution is -0.136. The molecule has 0 radical (unpaired) electrons. The minimum absolute atomic E-state index is 0.0291. The van der Waals surface area contributed by atoms with Crippen LogP contribution >= 0.6 is 0 Å². The van der Waals surface area contributed by atoms with E-state index in [4.69, 9.17) is 20.8 Å². The molecule has 9 heteroatoms. The molecule has 5 rings (SSSR count). The van der Waals surface area contributed by atoms with E-state index in [1.165, 1.54) is 0 Å². The molecule has 2 aliphatic heterocycles. The Hall–Kier alpha value is -3.79. The Morgan fingerprint density at radius 3 is 2.77 bits per heavy atom. The Kier molecular flexibility index (Phi) is 10.4. The monoisotopic (exact) mass is 584 g/mol. The Labute approximate surface area is 254 Å². The van der Waals surface area contributed by atoms with E-state index in [0.29, 0.717) is 25.6 Å². The number of anilines is 2. The van der Waals surface area contributed by atoms with Gasteiger partial charge in [-0.3, -0.25) is 9.69 Å². The molecule has 5 N–H and O–H groups in total. The number of carbonyl (C=O) groups is 1. The van der Waals surface area contributed by atoms with E-state index in [1.54, 1.807) is 0 Å². The third kappa shape index (κ3) is 7.98. The molecule has 1 aromatic carbocycles. The van der Waals surface area contributed by atoms with Crippen molar-refractivity contribution in [3.05, 3.63) is 89.8 Å². The summed E-state index contributed by atoms with van der Waals surface area (Å²) in [7, 11) is 0. The van der Waals surface area contributed by atoms with Crippen LogP contribution in [0.1, 0.15) is 56.1 Å². The summed E-state index contributed by atoms with van der Waals surface area (Å²) in [5.74, 6) is -0.0478. The van der Waals surface area contributed by atoms with Crippen molar-refractivity contribution in [1.29, 1.82) is 0 Å². The fourth-order valence-electron chi connectivity index (χ4n) is 6.38. The van der Waals surface area contributed by atoms with Gasteiger partial charge >= 0.3 is 5.97 Å². The van der Waals surface area contributed by atoms with Gasteiger partial charge < -0.3 is 26.2 Å². The maximum atomic E-state index is 11.0. The Morgan fingerprint density at radius 1 is 1.16 bits per heavy atom. The van der Waals surface area contributed by atoms with E-state index in [1.807, 2.05) is 24.5 Å². The van der Waals surface area contributed by atoms with E-state index in [0.717, 1.165) is 84.7 Å². The van der Waals surface area contributed by atoms with Gasteiger partial charge in [0.15, 0.2) is 0 Å². The average molecular weight is 585 g/mol. The van der Waals surface area contributed by atoms with Crippen LogP contribution in [0.5, 0.6) is 0 Å². The molecule has 2 fully saturated rings. The lowest BCUT2D eigenvalue weighted by atomic mass is 9.95. The van der Waals surface area contributed by atoms with Gasteiger partial charge in [-0.1, -0.05) is 42.5 Å². The predicted molar refractivity (Wildman–Crippen MR) is 172 cm³/mol. The number of carboxylic acid groups (broad SMARTS) is 1. The maximum absolute atomic E-state index is 11.0. The van der Waals surface area contributed by atoms with Crippen molar-refractivity contribution in [3.8, 4) is 0 Å². The van der Waals surface area contributed by atoms with Crippen LogP contribution in [0.15, 0.2) is 78.7 Å². The van der Waals surface area contributed by atoms with Crippen LogP contribution in [0, 0.1) is 0 Å². The van der Waals surface area contributed by atoms with Gasteiger partial charge in [0.25, 0.3) is 0 Å². The van der Waals surface area contributed by atoms with Crippen molar-refractivity contribution < 1.29 is 15.0 Å². The zero-order valence-electron chi connectivity index (χ0n) is 24.9. The number of aliphatic hydroxyl groups excluding tert-OH is 1. The van der Waals surface area contributed by atoms with Crippen LogP contribution in [0.4, 0.5) is 11.6 Å². The third-order valence-corrected chi connectivity index (χ3v) is 8.70. The number of nitrogens with two attached hydrogens (primary N) is 1. The van der Waals surface area contributed by atoms with Gasteiger partial charge in [0.2, 0.25) is 5.95 Å². The van der Waals surface area contributed by atoms with Crippen molar-refractivity contribution in [2.24, 2.45) is 5.73 Å². The number of likely N-dealkylation sites (tertiary alicyclic amines) is 1. The number of allylic oxidation sites excluding steroid dienone is 2. The summed E-state index contributed by atoms with van der Waals surface area (Å²) in [5, 5.41) is 22.8. The fourth-order valence-corrected chi connectivity index (χ4v) is 6.38. The quantitative estimate of drug-likeness (QED) is 0.282. The summed E-state index contributed by atoms with van der Waals surface area (Å²) in [6.45, 7) is 7.53. The lowest BCUT2D eigenvalue weighted by Gasteiger charge is -2.29. The van der Waals surface area contributed by atoms with E-state index >= 15 is 0 Å². The minimum Gasteiger partial charge on any atom is -0.481 e. The van der Waals surface area contributed by atoms with E-state index in [9.17, 15) is 9.90 Å². The number of aliphatic carboxylic acids is 1. The van der Waals surface area contributed by atoms with Crippen molar-refractivity contribution in [2.75, 3.05) is 36.5 Å². The second-order valence-electron chi connectivity index (χ2n) is 11.8. The second kappa shape index (κ2) is 14.6. The molecule has 228 valence electrons. The smallest absolute Gasteiger partial charge is 0.307 e. The molecular formula is C34H44N6O3. The SMILES string of the molecule is C=C1C=CC(c2cnc(N3CCCC3CCN)nc2)=CC1Nc1cccc(CN2CCCC(=CCC(=O)O)CC2CO)c1. The average Bonchev–Trinajstić information content (AvgIpc) is 3.38. The first kappa shape index (κ1) is 30.7. The summed E-state index contributed by atoms with van der Waals surface area (Å²) < 4.78 is 0. The lowest BCUT2D eigenvalue weighted by Crippen LogP contribution is -2.37. The van der Waals surface area contributed by atoms with Gasteiger partial charge in [-0.2, -0.15) is 0 Å². The number of rotatable bonds is 11. The van der Waals surface area contributed by atoms with Crippen LogP contribution in [-0.4, -0.2) is 75.4 Å². The van der Waals surface area contributed by atoms with E-state index in [2.05, 4.69) is 58.1 Å². The highest BCUT2D eigenvalue weighted by Crippen LogP contribution is 2.29. The second-order valence-corrected chi connectivity index (χ2v) is 11.8. The molecule has 1 aliphatic carbocycles. The first-order chi connectivity index (χ1) is 20.9. The number of nitrogens with one attached hydrogen (secondary N) is 1. The van der Waals surface area contributed by atoms with Gasteiger partial charge in [0, 0.05) is 48.8 Å². The van der Waals surface area contributed by atoms with Crippen LogP contribution in [0.3, 0.4) is 0 Å². The third-order valence-electron chi connectivity index (χ3n) is 8.70. The summed E-state index contributed by atoms with van der Waals surface area (Å²) in [6.07, 6.45) is 17.7. The number of aliphatic hydroxyl groups is 1. The predicted octanol–water partition coefficient (Wildman–Crippen LogP) is 4.53. The van der Waals surface area contributed by atoms with Crippen molar-refractivity contribution in [3.63, 3.8) is 0 Å². The van der Waals surface area contributed by atoms with Gasteiger partial charge in [0.05, 0.1) is 19.1 Å². The zero-order valence-corrected chi connectivity index (χ0v) is 24.9. The minimum atomic E-state index is -0.822. The normalized spacial score (nSPS) is 23.8. The molecule has 43 heavy (non-hydrogen) atoms. The fraction of sp³-hybridized carbons (Fsp3) is 0.441. The molecule has 1 aromatic heterocycles. The van der Waals surface area contributed by atoms with Crippen LogP contribution in [-0.2, 0) is 11.3 Å². The number of nitrogens with zero attached hydrogens (tertiary/aromatic N) is 4. The van der Waals surface area contributed by atoms with Crippen molar-refractivity contribution in [2.45, 2.75) is 69.6 Å². The molecule has 0 bridgehead atoms. The van der Waals surface area contributed by atoms with Crippen molar-refractivity contribution in [1.82, 2.24) is 14.9 Å². The molecule has 9 nitrogen and oxygen atoms in total. The molecule has 3 aliphatic rings. The first-order valence-corrected chi connectivity index (χ1v) is 15.4. The molecule has 2 aromatic rings. The summed E-state index contributed by atoms with van der Waals surface area (Å²) >= 11 is 0. The van der Waals surface area contributed by atoms with E-state index in [-0.39, 0.29) is 25.1 Å². The Morgan fingerprint density at radius 2 is 2.00 bits per heavy atom. The molecule has 0 amide bonds. The number of carboxylic acids is 1. The topological polar surface area (TPSA) is 128 Å². The standard InChI is InChI=1S/C34H44N6O3/c1-24-9-11-27(28-20-36-34(37-21-28)40-16-4-8-30(40)13-14-35)19-32(24)38-29-7-2-5-26(17-29)22-39-15-3-6-25(10-12-33(42)43)18-31(39)23-41/h2,5,7,9-11,17,19-21,30-32,38,41H,1,3-4,6,8,12-16,18,22-23,35H2,(H,42,43). The molecule has 3 atom stereocenters. The molecule has 0 saturated carbocycles. The van der Waals surface area contributed by atoms with Gasteiger partial charge in [-0.15, -0.1) is 0 Å². The largest absolute Gasteiger partial charge is 0.481 e. The Balaban J connectivity index is 1.24. The molecule has 3 heterocycles.